The summed E-state index contributed by atoms with van der Waals surface area (Å²) < 4.78 is 52.2. The number of aromatic nitrogens is 2. The summed E-state index contributed by atoms with van der Waals surface area (Å²) in [6.45, 7) is 0. The molecule has 0 saturated carbocycles. The molecule has 3 rings (SSSR count). The molecule has 0 fully saturated rings. The van der Waals surface area contributed by atoms with E-state index in [2.05, 4.69) is 15.5 Å². The molecular weight excluding hydrogens is 422 g/mol. The number of nitrogens with one attached hydrogen (secondary N) is 2. The normalized spacial score (nSPS) is 11.2. The molecule has 0 aliphatic heterocycles. The summed E-state index contributed by atoms with van der Waals surface area (Å²) in [4.78, 5) is 12.2. The molecule has 1 heterocycles. The highest BCUT2D eigenvalue weighted by molar-refractivity contribution is 7.94. The smallest absolute Gasteiger partial charge is 0.291 e. The summed E-state index contributed by atoms with van der Waals surface area (Å²) in [7, 11) is -4.20. The molecule has 1 aromatic heterocycles. The predicted octanol–water partition coefficient (Wildman–Crippen LogP) is 3.52. The van der Waals surface area contributed by atoms with Crippen LogP contribution in [0.5, 0.6) is 0 Å². The van der Waals surface area contributed by atoms with E-state index in [9.17, 15) is 22.0 Å². The number of hydrogen-bond acceptors (Lipinski definition) is 6. The lowest BCUT2D eigenvalue weighted by atomic mass is 10.2. The number of hydrogen-bond donors (Lipinski definition) is 2. The molecule has 0 radical (unpaired) electrons. The van der Waals surface area contributed by atoms with Crippen molar-refractivity contribution < 1.29 is 22.0 Å². The van der Waals surface area contributed by atoms with Crippen molar-refractivity contribution in [3.8, 4) is 0 Å². The van der Waals surface area contributed by atoms with Crippen LogP contribution in [0.4, 0.5) is 19.6 Å². The first kappa shape index (κ1) is 19.1. The van der Waals surface area contributed by atoms with Gasteiger partial charge in [-0.15, -0.1) is 10.2 Å². The molecule has 140 valence electrons. The van der Waals surface area contributed by atoms with Gasteiger partial charge >= 0.3 is 0 Å². The second-order valence-corrected chi connectivity index (χ2v) is 8.28. The van der Waals surface area contributed by atoms with Gasteiger partial charge < -0.3 is 0 Å². The van der Waals surface area contributed by atoms with Crippen LogP contribution in [0.2, 0.25) is 5.02 Å². The van der Waals surface area contributed by atoms with Crippen molar-refractivity contribution in [1.82, 2.24) is 10.2 Å². The molecule has 1 amide bonds. The van der Waals surface area contributed by atoms with Gasteiger partial charge in [0.2, 0.25) is 5.13 Å². The first-order valence-corrected chi connectivity index (χ1v) is 9.81. The number of anilines is 2. The van der Waals surface area contributed by atoms with E-state index in [1.165, 1.54) is 12.1 Å². The topological polar surface area (TPSA) is 101 Å². The number of benzene rings is 2. The molecule has 12 heteroatoms. The predicted molar refractivity (Wildman–Crippen MR) is 96.5 cm³/mol. The van der Waals surface area contributed by atoms with Crippen molar-refractivity contribution in [3.63, 3.8) is 0 Å². The number of halogens is 3. The standard InChI is InChI=1S/C15H9ClF2N4O3S2/c16-10-4-2-1-3-9(10)13(23)19-14-20-21-15(26-14)27(24,25)22-8-5-6-11(17)12(18)7-8/h1-7,22H,(H,19,20,23). The van der Waals surface area contributed by atoms with Gasteiger partial charge in [0.05, 0.1) is 16.3 Å². The minimum absolute atomic E-state index is 0.0782. The van der Waals surface area contributed by atoms with Gasteiger partial charge in [-0.1, -0.05) is 35.1 Å². The molecule has 2 N–H and O–H groups in total. The van der Waals surface area contributed by atoms with E-state index in [4.69, 9.17) is 11.6 Å². The van der Waals surface area contributed by atoms with Gasteiger partial charge in [-0.3, -0.25) is 14.8 Å². The second-order valence-electron chi connectivity index (χ2n) is 5.04. The molecule has 0 aliphatic rings. The summed E-state index contributed by atoms with van der Waals surface area (Å²) in [5, 5.41) is 9.62. The lowest BCUT2D eigenvalue weighted by molar-refractivity contribution is 0.102. The summed E-state index contributed by atoms with van der Waals surface area (Å²) >= 11 is 6.50. The molecule has 7 nitrogen and oxygen atoms in total. The molecule has 0 atom stereocenters. The van der Waals surface area contributed by atoms with Crippen molar-refractivity contribution in [2.75, 3.05) is 10.0 Å². The number of rotatable bonds is 5. The minimum atomic E-state index is -4.20. The second kappa shape index (κ2) is 7.55. The molecule has 0 unspecified atom stereocenters. The molecular formula is C15H9ClF2N4O3S2. The van der Waals surface area contributed by atoms with Gasteiger partial charge in [0, 0.05) is 6.07 Å². The van der Waals surface area contributed by atoms with E-state index >= 15 is 0 Å². The largest absolute Gasteiger partial charge is 0.296 e. The van der Waals surface area contributed by atoms with Crippen molar-refractivity contribution in [1.29, 1.82) is 0 Å². The maximum absolute atomic E-state index is 13.2. The Kier molecular flexibility index (Phi) is 5.35. The van der Waals surface area contributed by atoms with Crippen LogP contribution in [0.15, 0.2) is 46.8 Å². The van der Waals surface area contributed by atoms with Gasteiger partial charge in [0.25, 0.3) is 20.3 Å². The molecule has 0 saturated heterocycles. The molecule has 27 heavy (non-hydrogen) atoms. The number of carbonyl (C=O) groups excluding carboxylic acids is 1. The van der Waals surface area contributed by atoms with Gasteiger partial charge in [-0.2, -0.15) is 8.42 Å². The highest BCUT2D eigenvalue weighted by Crippen LogP contribution is 2.24. The highest BCUT2D eigenvalue weighted by atomic mass is 35.5. The first-order valence-electron chi connectivity index (χ1n) is 7.13. The van der Waals surface area contributed by atoms with Gasteiger partial charge in [0.15, 0.2) is 11.6 Å². The number of sulfonamides is 1. The zero-order chi connectivity index (χ0) is 19.6. The molecule has 3 aromatic rings. The van der Waals surface area contributed by atoms with Crippen LogP contribution < -0.4 is 10.0 Å². The van der Waals surface area contributed by atoms with Crippen LogP contribution in [0.1, 0.15) is 10.4 Å². The van der Waals surface area contributed by atoms with Crippen LogP contribution in [0.25, 0.3) is 0 Å². The van der Waals surface area contributed by atoms with E-state index in [-0.39, 0.29) is 21.4 Å². The SMILES string of the molecule is O=C(Nc1nnc(S(=O)(=O)Nc2ccc(F)c(F)c2)s1)c1ccccc1Cl. The summed E-state index contributed by atoms with van der Waals surface area (Å²) in [6.07, 6.45) is 0. The molecule has 0 bridgehead atoms. The van der Waals surface area contributed by atoms with Crippen LogP contribution >= 0.6 is 22.9 Å². The maximum Gasteiger partial charge on any atom is 0.291 e. The van der Waals surface area contributed by atoms with E-state index in [1.807, 2.05) is 4.72 Å². The van der Waals surface area contributed by atoms with Gasteiger partial charge in [0.1, 0.15) is 0 Å². The van der Waals surface area contributed by atoms with Crippen molar-refractivity contribution >= 4 is 49.7 Å². The summed E-state index contributed by atoms with van der Waals surface area (Å²) in [6, 6.07) is 8.80. The van der Waals surface area contributed by atoms with Gasteiger partial charge in [-0.25, -0.2) is 8.78 Å². The monoisotopic (exact) mass is 430 g/mol. The number of carbonyl (C=O) groups is 1. The fourth-order valence-electron chi connectivity index (χ4n) is 1.94. The van der Waals surface area contributed by atoms with Crippen LogP contribution in [-0.4, -0.2) is 24.5 Å². The quantitative estimate of drug-likeness (QED) is 0.603. The zero-order valence-electron chi connectivity index (χ0n) is 13.1. The fraction of sp³-hybridized carbons (Fsp3) is 0. The van der Waals surface area contributed by atoms with Crippen LogP contribution in [0.3, 0.4) is 0 Å². The van der Waals surface area contributed by atoms with Crippen molar-refractivity contribution in [2.45, 2.75) is 4.34 Å². The Labute approximate surface area is 161 Å². The third-order valence-corrected chi connectivity index (χ3v) is 6.06. The molecule has 0 aliphatic carbocycles. The third-order valence-electron chi connectivity index (χ3n) is 3.15. The summed E-state index contributed by atoms with van der Waals surface area (Å²) in [5.41, 5.74) is -0.00978. The number of nitrogens with zero attached hydrogens (tertiary/aromatic N) is 2. The van der Waals surface area contributed by atoms with Crippen LogP contribution in [0, 0.1) is 11.6 Å². The average molecular weight is 431 g/mol. The Morgan fingerprint density at radius 3 is 2.52 bits per heavy atom. The Morgan fingerprint density at radius 1 is 1.07 bits per heavy atom. The lowest BCUT2D eigenvalue weighted by Crippen LogP contribution is -2.13. The molecule has 0 spiro atoms. The van der Waals surface area contributed by atoms with E-state index in [0.29, 0.717) is 17.4 Å². The first-order chi connectivity index (χ1) is 12.8. The van der Waals surface area contributed by atoms with Crippen molar-refractivity contribution in [2.24, 2.45) is 0 Å². The van der Waals surface area contributed by atoms with Crippen LogP contribution in [-0.2, 0) is 10.0 Å². The van der Waals surface area contributed by atoms with E-state index in [0.717, 1.165) is 12.1 Å². The van der Waals surface area contributed by atoms with E-state index in [1.54, 1.807) is 12.1 Å². The highest BCUT2D eigenvalue weighted by Gasteiger charge is 2.22. The lowest BCUT2D eigenvalue weighted by Gasteiger charge is -2.05. The number of amides is 1. The van der Waals surface area contributed by atoms with Gasteiger partial charge in [-0.05, 0) is 24.3 Å². The van der Waals surface area contributed by atoms with E-state index < -0.39 is 31.9 Å². The molecule has 2 aromatic carbocycles. The minimum Gasteiger partial charge on any atom is -0.296 e. The Balaban J connectivity index is 1.77. The zero-order valence-corrected chi connectivity index (χ0v) is 15.5. The third kappa shape index (κ3) is 4.38. The fourth-order valence-corrected chi connectivity index (χ4v) is 4.10. The Hall–Kier alpha value is -2.63. The Bertz CT molecular complexity index is 1120. The average Bonchev–Trinajstić information content (AvgIpc) is 3.08. The Morgan fingerprint density at radius 2 is 1.81 bits per heavy atom. The summed E-state index contributed by atoms with van der Waals surface area (Å²) in [5.74, 6) is -2.91. The van der Waals surface area contributed by atoms with Crippen molar-refractivity contribution in [3.05, 3.63) is 64.7 Å². The maximum atomic E-state index is 13.2.